The molecule has 2 unspecified atom stereocenters. The fourth-order valence-electron chi connectivity index (χ4n) is 2.64. The van der Waals surface area contributed by atoms with Crippen LogP contribution in [0.5, 0.6) is 5.75 Å². The Hall–Kier alpha value is -0.630. The van der Waals surface area contributed by atoms with Gasteiger partial charge in [0, 0.05) is 17.8 Å². The van der Waals surface area contributed by atoms with Crippen LogP contribution in [-0.4, -0.2) is 43.2 Å². The van der Waals surface area contributed by atoms with Gasteiger partial charge in [0.25, 0.3) is 0 Å². The first-order valence-corrected chi connectivity index (χ1v) is 9.36. The summed E-state index contributed by atoms with van der Waals surface area (Å²) in [6.45, 7) is 4.22. The predicted octanol–water partition coefficient (Wildman–Crippen LogP) is 3.52. The third kappa shape index (κ3) is 7.65. The van der Waals surface area contributed by atoms with E-state index in [1.807, 2.05) is 42.1 Å². The van der Waals surface area contributed by atoms with E-state index in [0.717, 1.165) is 23.5 Å². The Morgan fingerprint density at radius 1 is 1.30 bits per heavy atom. The zero-order chi connectivity index (χ0) is 15.6. The van der Waals surface area contributed by atoms with Crippen molar-refractivity contribution in [3.05, 3.63) is 30.3 Å². The molecule has 1 aliphatic rings. The van der Waals surface area contributed by atoms with Crippen LogP contribution in [-0.2, 0) is 0 Å². The lowest BCUT2D eigenvalue weighted by Crippen LogP contribution is -2.42. The average molecular weight is 449 g/mol. The molecule has 0 radical (unpaired) electrons. The van der Waals surface area contributed by atoms with E-state index in [1.165, 1.54) is 19.3 Å². The van der Waals surface area contributed by atoms with Crippen LogP contribution in [0.25, 0.3) is 0 Å². The van der Waals surface area contributed by atoms with Crippen LogP contribution in [0.3, 0.4) is 0 Å². The molecule has 1 fully saturated rings. The highest BCUT2D eigenvalue weighted by Gasteiger charge is 2.24. The van der Waals surface area contributed by atoms with Crippen molar-refractivity contribution in [1.82, 2.24) is 10.6 Å². The molecule has 0 aliphatic heterocycles. The van der Waals surface area contributed by atoms with Gasteiger partial charge in [-0.05, 0) is 44.6 Å². The maximum absolute atomic E-state index is 5.67. The van der Waals surface area contributed by atoms with Crippen LogP contribution < -0.4 is 15.4 Å². The fourth-order valence-corrected chi connectivity index (χ4v) is 3.43. The maximum Gasteiger partial charge on any atom is 0.191 e. The molecule has 0 bridgehead atoms. The lowest BCUT2D eigenvalue weighted by Gasteiger charge is -2.17. The summed E-state index contributed by atoms with van der Waals surface area (Å²) in [6, 6.07) is 10.4. The lowest BCUT2D eigenvalue weighted by molar-refractivity contribution is 0.328. The van der Waals surface area contributed by atoms with Crippen molar-refractivity contribution in [2.24, 2.45) is 4.99 Å². The number of hydrogen-bond acceptors (Lipinski definition) is 3. The third-order valence-corrected chi connectivity index (χ3v) is 4.87. The molecule has 1 saturated carbocycles. The summed E-state index contributed by atoms with van der Waals surface area (Å²) >= 11 is 1.98. The highest BCUT2D eigenvalue weighted by atomic mass is 127. The van der Waals surface area contributed by atoms with E-state index in [1.54, 1.807) is 0 Å². The monoisotopic (exact) mass is 449 g/mol. The fraction of sp³-hybridized carbons (Fsp3) is 0.588. The Morgan fingerprint density at radius 2 is 2.09 bits per heavy atom. The van der Waals surface area contributed by atoms with Crippen LogP contribution in [0.1, 0.15) is 26.2 Å². The van der Waals surface area contributed by atoms with Gasteiger partial charge in [0.1, 0.15) is 12.4 Å². The Labute approximate surface area is 161 Å². The summed E-state index contributed by atoms with van der Waals surface area (Å²) in [5, 5.41) is 7.66. The number of rotatable bonds is 7. The first-order valence-electron chi connectivity index (χ1n) is 8.07. The highest BCUT2D eigenvalue weighted by molar-refractivity contribution is 14.0. The van der Waals surface area contributed by atoms with Gasteiger partial charge in [-0.1, -0.05) is 18.2 Å². The molecule has 2 atom stereocenters. The lowest BCUT2D eigenvalue weighted by atomic mass is 10.2. The number of benzene rings is 1. The van der Waals surface area contributed by atoms with E-state index >= 15 is 0 Å². The van der Waals surface area contributed by atoms with Crippen LogP contribution >= 0.6 is 35.7 Å². The van der Waals surface area contributed by atoms with Crippen molar-refractivity contribution in [2.75, 3.05) is 26.0 Å². The Kier molecular flexibility index (Phi) is 10.5. The summed E-state index contributed by atoms with van der Waals surface area (Å²) in [4.78, 5) is 4.61. The zero-order valence-corrected chi connectivity index (χ0v) is 17.1. The summed E-state index contributed by atoms with van der Waals surface area (Å²) in [5.41, 5.74) is 0. The van der Waals surface area contributed by atoms with Crippen molar-refractivity contribution < 1.29 is 4.74 Å². The van der Waals surface area contributed by atoms with E-state index in [-0.39, 0.29) is 24.0 Å². The SMILES string of the molecule is CCNC(=NCCOc1ccccc1)NC1CCC(SC)C1.I. The molecule has 1 aromatic rings. The van der Waals surface area contributed by atoms with Crippen LogP contribution in [0.15, 0.2) is 35.3 Å². The molecule has 6 heteroatoms. The summed E-state index contributed by atoms with van der Waals surface area (Å²) < 4.78 is 5.67. The van der Waals surface area contributed by atoms with Crippen molar-refractivity contribution in [1.29, 1.82) is 0 Å². The molecule has 23 heavy (non-hydrogen) atoms. The topological polar surface area (TPSA) is 45.7 Å². The largest absolute Gasteiger partial charge is 0.492 e. The van der Waals surface area contributed by atoms with E-state index < -0.39 is 0 Å². The molecule has 1 aromatic carbocycles. The van der Waals surface area contributed by atoms with Gasteiger partial charge in [-0.15, -0.1) is 24.0 Å². The number of ether oxygens (including phenoxy) is 1. The van der Waals surface area contributed by atoms with Gasteiger partial charge in [-0.25, -0.2) is 4.99 Å². The average Bonchev–Trinajstić information content (AvgIpc) is 3.00. The number of hydrogen-bond donors (Lipinski definition) is 2. The van der Waals surface area contributed by atoms with E-state index in [4.69, 9.17) is 4.74 Å². The molecular formula is C17H28IN3OS. The summed E-state index contributed by atoms with van der Waals surface area (Å²) in [7, 11) is 0. The quantitative estimate of drug-likeness (QED) is 0.290. The standard InChI is InChI=1S/C17H27N3OS.HI/c1-3-18-17(20-14-9-10-16(13-14)22-2)19-11-12-21-15-7-5-4-6-8-15;/h4-8,14,16H,3,9-13H2,1-2H3,(H2,18,19,20);1H. The van der Waals surface area contributed by atoms with Gasteiger partial charge >= 0.3 is 0 Å². The Morgan fingerprint density at radius 3 is 2.74 bits per heavy atom. The first kappa shape index (κ1) is 20.4. The van der Waals surface area contributed by atoms with E-state index in [2.05, 4.69) is 28.8 Å². The molecular weight excluding hydrogens is 421 g/mol. The molecule has 2 rings (SSSR count). The molecule has 0 heterocycles. The van der Waals surface area contributed by atoms with Crippen LogP contribution in [0, 0.1) is 0 Å². The minimum atomic E-state index is 0. The number of halogens is 1. The number of aliphatic imine (C=N–C) groups is 1. The maximum atomic E-state index is 5.67. The van der Waals surface area contributed by atoms with Crippen molar-refractivity contribution in [3.63, 3.8) is 0 Å². The zero-order valence-electron chi connectivity index (χ0n) is 14.0. The molecule has 0 saturated heterocycles. The van der Waals surface area contributed by atoms with E-state index in [9.17, 15) is 0 Å². The second kappa shape index (κ2) is 11.8. The molecule has 0 spiro atoms. The van der Waals surface area contributed by atoms with Crippen molar-refractivity contribution in [2.45, 2.75) is 37.5 Å². The smallest absolute Gasteiger partial charge is 0.191 e. The summed E-state index contributed by atoms with van der Waals surface area (Å²) in [6.07, 6.45) is 5.96. The van der Waals surface area contributed by atoms with Gasteiger partial charge in [-0.3, -0.25) is 0 Å². The van der Waals surface area contributed by atoms with Gasteiger partial charge in [-0.2, -0.15) is 11.8 Å². The number of thioether (sulfide) groups is 1. The van der Waals surface area contributed by atoms with E-state index in [0.29, 0.717) is 19.2 Å². The first-order chi connectivity index (χ1) is 10.8. The van der Waals surface area contributed by atoms with Crippen LogP contribution in [0.2, 0.25) is 0 Å². The minimum absolute atomic E-state index is 0. The second-order valence-corrected chi connectivity index (χ2v) is 6.57. The number of nitrogens with zero attached hydrogens (tertiary/aromatic N) is 1. The van der Waals surface area contributed by atoms with Gasteiger partial charge in [0.15, 0.2) is 5.96 Å². The molecule has 2 N–H and O–H groups in total. The van der Waals surface area contributed by atoms with Crippen LogP contribution in [0.4, 0.5) is 0 Å². The molecule has 0 amide bonds. The minimum Gasteiger partial charge on any atom is -0.492 e. The number of guanidine groups is 1. The van der Waals surface area contributed by atoms with Gasteiger partial charge in [0.05, 0.1) is 6.54 Å². The van der Waals surface area contributed by atoms with Crippen molar-refractivity contribution >= 4 is 41.7 Å². The number of nitrogens with one attached hydrogen (secondary N) is 2. The highest BCUT2D eigenvalue weighted by Crippen LogP contribution is 2.27. The molecule has 4 nitrogen and oxygen atoms in total. The molecule has 0 aromatic heterocycles. The Balaban J connectivity index is 0.00000264. The van der Waals surface area contributed by atoms with Crippen molar-refractivity contribution in [3.8, 4) is 5.75 Å². The van der Waals surface area contributed by atoms with Gasteiger partial charge in [0.2, 0.25) is 0 Å². The number of para-hydroxylation sites is 1. The van der Waals surface area contributed by atoms with Gasteiger partial charge < -0.3 is 15.4 Å². The normalized spacial score (nSPS) is 20.7. The second-order valence-electron chi connectivity index (χ2n) is 5.43. The molecule has 1 aliphatic carbocycles. The predicted molar refractivity (Wildman–Crippen MR) is 111 cm³/mol. The Bertz CT molecular complexity index is 458. The summed E-state index contributed by atoms with van der Waals surface area (Å²) in [5.74, 6) is 1.81. The molecule has 130 valence electrons. The third-order valence-electron chi connectivity index (χ3n) is 3.78.